The van der Waals surface area contributed by atoms with Crippen molar-refractivity contribution in [3.63, 3.8) is 0 Å². The number of nitrogens with one attached hydrogen (secondary N) is 1. The zero-order valence-electron chi connectivity index (χ0n) is 19.4. The van der Waals surface area contributed by atoms with Crippen LogP contribution in [0, 0.1) is 17.8 Å². The third kappa shape index (κ3) is 10.4. The Hall–Kier alpha value is -3.19. The molecular weight excluding hydrogens is 386 g/mol. The number of carbonyl (C=O) groups excluding carboxylic acids is 3. The summed E-state index contributed by atoms with van der Waals surface area (Å²) in [5, 5.41) is 2.72. The van der Waals surface area contributed by atoms with Crippen molar-refractivity contribution in [2.24, 2.45) is 5.92 Å². The molecule has 1 N–H and O–H groups in total. The van der Waals surface area contributed by atoms with Crippen LogP contribution in [-0.4, -0.2) is 24.0 Å². The monoisotopic (exact) mass is 419 g/mol. The van der Waals surface area contributed by atoms with Crippen molar-refractivity contribution in [2.45, 2.75) is 53.9 Å². The Balaban J connectivity index is 0.000000316. The first-order valence-electron chi connectivity index (χ1n) is 10.6. The van der Waals surface area contributed by atoms with E-state index < -0.39 is 0 Å². The van der Waals surface area contributed by atoms with Crippen molar-refractivity contribution in [2.75, 3.05) is 6.54 Å². The van der Waals surface area contributed by atoms with Crippen LogP contribution in [0.1, 0.15) is 85.7 Å². The average Bonchev–Trinajstić information content (AvgIpc) is 2.72. The van der Waals surface area contributed by atoms with E-state index in [1.807, 2.05) is 48.5 Å². The van der Waals surface area contributed by atoms with Crippen LogP contribution < -0.4 is 5.32 Å². The van der Waals surface area contributed by atoms with E-state index in [1.165, 1.54) is 12.5 Å². The van der Waals surface area contributed by atoms with E-state index in [4.69, 9.17) is 0 Å². The van der Waals surface area contributed by atoms with Crippen LogP contribution in [0.2, 0.25) is 0 Å². The summed E-state index contributed by atoms with van der Waals surface area (Å²) >= 11 is 0. The molecule has 0 aromatic heterocycles. The molecule has 0 unspecified atom stereocenters. The van der Waals surface area contributed by atoms with Gasteiger partial charge in [-0.2, -0.15) is 0 Å². The summed E-state index contributed by atoms with van der Waals surface area (Å²) in [6.45, 7) is 11.8. The minimum absolute atomic E-state index is 0.0838. The van der Waals surface area contributed by atoms with Gasteiger partial charge in [0.15, 0.2) is 5.78 Å². The first-order valence-corrected chi connectivity index (χ1v) is 10.6. The molecule has 0 fully saturated rings. The highest BCUT2D eigenvalue weighted by atomic mass is 16.2. The van der Waals surface area contributed by atoms with Crippen molar-refractivity contribution in [1.82, 2.24) is 5.32 Å². The zero-order chi connectivity index (χ0) is 23.4. The molecule has 0 saturated carbocycles. The van der Waals surface area contributed by atoms with Gasteiger partial charge in [-0.1, -0.05) is 63.8 Å². The van der Waals surface area contributed by atoms with Gasteiger partial charge in [-0.05, 0) is 49.6 Å². The Morgan fingerprint density at radius 3 is 1.84 bits per heavy atom. The second kappa shape index (κ2) is 13.2. The molecule has 0 radical (unpaired) electrons. The number of hydrogen-bond acceptors (Lipinski definition) is 3. The molecule has 0 aliphatic rings. The predicted molar refractivity (Wildman–Crippen MR) is 126 cm³/mol. The van der Waals surface area contributed by atoms with E-state index in [9.17, 15) is 14.4 Å². The first kappa shape index (κ1) is 25.8. The van der Waals surface area contributed by atoms with Crippen LogP contribution in [-0.2, 0) is 4.79 Å². The van der Waals surface area contributed by atoms with Crippen LogP contribution >= 0.6 is 0 Å². The highest BCUT2D eigenvalue weighted by molar-refractivity contribution is 5.94. The molecule has 0 saturated heterocycles. The molecule has 0 spiro atoms. The minimum atomic E-state index is -0.124. The number of benzene rings is 2. The standard InChI is InChI=1S/C14H19NO2.C13H14O/c1-10(2)12-4-6-13(7-5-12)14(17)15-9-8-11(3)16;1-10(2)4-5-12-6-8-13(9-7-12)11(3)14/h4-7,10H,8-9H2,1-3H3,(H,15,17);6-10H,1-3H3. The summed E-state index contributed by atoms with van der Waals surface area (Å²) in [4.78, 5) is 33.4. The SMILES string of the molecule is CC(=O)CCNC(=O)c1ccc(C(C)C)cc1.CC(=O)c1ccc(C#CC(C)C)cc1. The fourth-order valence-corrected chi connectivity index (χ4v) is 2.49. The van der Waals surface area contributed by atoms with E-state index in [1.54, 1.807) is 6.92 Å². The Labute approximate surface area is 186 Å². The summed E-state index contributed by atoms with van der Waals surface area (Å²) in [5.41, 5.74) is 3.55. The highest BCUT2D eigenvalue weighted by Gasteiger charge is 2.06. The molecular formula is C27H33NO3. The lowest BCUT2D eigenvalue weighted by molar-refractivity contribution is -0.116. The van der Waals surface area contributed by atoms with E-state index in [0.29, 0.717) is 30.4 Å². The number of amides is 1. The molecule has 0 aliphatic carbocycles. The Bertz CT molecular complexity index is 927. The Morgan fingerprint density at radius 2 is 1.39 bits per heavy atom. The molecule has 0 heterocycles. The maximum Gasteiger partial charge on any atom is 0.251 e. The number of rotatable bonds is 6. The van der Waals surface area contributed by atoms with Crippen LogP contribution in [0.3, 0.4) is 0 Å². The third-order valence-electron chi connectivity index (χ3n) is 4.40. The summed E-state index contributed by atoms with van der Waals surface area (Å²) in [6, 6.07) is 14.9. The molecule has 0 atom stereocenters. The lowest BCUT2D eigenvalue weighted by Crippen LogP contribution is -2.25. The molecule has 2 aromatic carbocycles. The zero-order valence-corrected chi connectivity index (χ0v) is 19.4. The van der Waals surface area contributed by atoms with Crippen molar-refractivity contribution in [3.8, 4) is 11.8 Å². The molecule has 2 aromatic rings. The minimum Gasteiger partial charge on any atom is -0.352 e. The lowest BCUT2D eigenvalue weighted by Gasteiger charge is -2.07. The quantitative estimate of drug-likeness (QED) is 0.503. The van der Waals surface area contributed by atoms with Gasteiger partial charge in [-0.3, -0.25) is 14.4 Å². The molecule has 2 rings (SSSR count). The summed E-state index contributed by atoms with van der Waals surface area (Å²) < 4.78 is 0. The fourth-order valence-electron chi connectivity index (χ4n) is 2.49. The van der Waals surface area contributed by atoms with E-state index in [-0.39, 0.29) is 17.5 Å². The van der Waals surface area contributed by atoms with Gasteiger partial charge in [0.2, 0.25) is 0 Å². The van der Waals surface area contributed by atoms with Crippen LogP contribution in [0.15, 0.2) is 48.5 Å². The second-order valence-corrected chi connectivity index (χ2v) is 8.04. The molecule has 164 valence electrons. The Kier molecular flexibility index (Phi) is 11.0. The van der Waals surface area contributed by atoms with Gasteiger partial charge in [0, 0.05) is 35.6 Å². The summed E-state index contributed by atoms with van der Waals surface area (Å²) in [7, 11) is 0. The highest BCUT2D eigenvalue weighted by Crippen LogP contribution is 2.14. The van der Waals surface area contributed by atoms with Gasteiger partial charge in [-0.15, -0.1) is 0 Å². The molecule has 31 heavy (non-hydrogen) atoms. The molecule has 4 nitrogen and oxygen atoms in total. The van der Waals surface area contributed by atoms with Gasteiger partial charge in [0.1, 0.15) is 5.78 Å². The molecule has 0 aliphatic heterocycles. The summed E-state index contributed by atoms with van der Waals surface area (Å²) in [6.07, 6.45) is 0.385. The topological polar surface area (TPSA) is 63.2 Å². The van der Waals surface area contributed by atoms with E-state index in [2.05, 4.69) is 44.9 Å². The van der Waals surface area contributed by atoms with E-state index >= 15 is 0 Å². The van der Waals surface area contributed by atoms with Crippen molar-refractivity contribution in [3.05, 3.63) is 70.8 Å². The number of hydrogen-bond donors (Lipinski definition) is 1. The normalized spacial score (nSPS) is 9.94. The van der Waals surface area contributed by atoms with Gasteiger partial charge in [-0.25, -0.2) is 0 Å². The number of ketones is 2. The number of carbonyl (C=O) groups is 3. The first-order chi connectivity index (χ1) is 14.6. The average molecular weight is 420 g/mol. The fraction of sp³-hybridized carbons (Fsp3) is 0.370. The lowest BCUT2D eigenvalue weighted by atomic mass is 10.0. The molecule has 4 heteroatoms. The van der Waals surface area contributed by atoms with Crippen LogP contribution in [0.4, 0.5) is 0 Å². The maximum absolute atomic E-state index is 11.7. The second-order valence-electron chi connectivity index (χ2n) is 8.04. The van der Waals surface area contributed by atoms with Crippen molar-refractivity contribution in [1.29, 1.82) is 0 Å². The van der Waals surface area contributed by atoms with E-state index in [0.717, 1.165) is 11.1 Å². The molecule has 0 bridgehead atoms. The van der Waals surface area contributed by atoms with Crippen molar-refractivity contribution < 1.29 is 14.4 Å². The van der Waals surface area contributed by atoms with Crippen LogP contribution in [0.25, 0.3) is 0 Å². The van der Waals surface area contributed by atoms with Gasteiger partial charge < -0.3 is 5.32 Å². The maximum atomic E-state index is 11.7. The Morgan fingerprint density at radius 1 is 0.839 bits per heavy atom. The number of Topliss-reactive ketones (excluding diaryl/α,β-unsaturated/α-hetero) is 2. The van der Waals surface area contributed by atoms with Gasteiger partial charge in [0.05, 0.1) is 0 Å². The predicted octanol–water partition coefficient (Wildman–Crippen LogP) is 5.42. The largest absolute Gasteiger partial charge is 0.352 e. The molecule has 1 amide bonds. The van der Waals surface area contributed by atoms with Crippen molar-refractivity contribution >= 4 is 17.5 Å². The van der Waals surface area contributed by atoms with Crippen LogP contribution in [0.5, 0.6) is 0 Å². The smallest absolute Gasteiger partial charge is 0.251 e. The van der Waals surface area contributed by atoms with Gasteiger partial charge >= 0.3 is 0 Å². The van der Waals surface area contributed by atoms with Gasteiger partial charge in [0.25, 0.3) is 5.91 Å². The summed E-state index contributed by atoms with van der Waals surface area (Å²) in [5.74, 6) is 7.02. The third-order valence-corrected chi connectivity index (χ3v) is 4.40.